The zero-order chi connectivity index (χ0) is 24.1. The summed E-state index contributed by atoms with van der Waals surface area (Å²) in [5.74, 6) is -0.571. The van der Waals surface area contributed by atoms with Crippen molar-refractivity contribution >= 4 is 24.0 Å². The molecule has 180 valence electrons. The van der Waals surface area contributed by atoms with E-state index in [9.17, 15) is 19.2 Å². The first-order valence-electron chi connectivity index (χ1n) is 10.7. The van der Waals surface area contributed by atoms with Crippen LogP contribution in [0.5, 0.6) is 0 Å². The highest BCUT2D eigenvalue weighted by molar-refractivity contribution is 5.82. The van der Waals surface area contributed by atoms with Crippen LogP contribution in [0, 0.1) is 0 Å². The Labute approximate surface area is 185 Å². The molecule has 4 N–H and O–H groups in total. The Bertz CT molecular complexity index is 596. The summed E-state index contributed by atoms with van der Waals surface area (Å²) in [5.41, 5.74) is -1.23. The van der Waals surface area contributed by atoms with Crippen LogP contribution >= 0.6 is 0 Å². The van der Waals surface area contributed by atoms with Crippen molar-refractivity contribution in [1.29, 1.82) is 0 Å². The summed E-state index contributed by atoms with van der Waals surface area (Å²) in [6.07, 6.45) is 1.78. The Hall–Kier alpha value is -2.52. The molecule has 0 rings (SSSR count). The second kappa shape index (κ2) is 13.7. The predicted octanol–water partition coefficient (Wildman–Crippen LogP) is 2.22. The molecule has 0 heterocycles. The lowest BCUT2D eigenvalue weighted by Gasteiger charge is -2.20. The summed E-state index contributed by atoms with van der Waals surface area (Å²) in [6, 6.07) is -0.0162. The highest BCUT2D eigenvalue weighted by atomic mass is 16.6. The first-order valence-corrected chi connectivity index (χ1v) is 10.7. The molecule has 1 atom stereocenters. The molecule has 0 unspecified atom stereocenters. The molecule has 0 radical (unpaired) electrons. The van der Waals surface area contributed by atoms with Gasteiger partial charge in [-0.15, -0.1) is 0 Å². The van der Waals surface area contributed by atoms with E-state index in [1.54, 1.807) is 41.5 Å². The summed E-state index contributed by atoms with van der Waals surface area (Å²) in [4.78, 5) is 46.8. The molecule has 0 spiro atoms. The fourth-order valence-electron chi connectivity index (χ4n) is 2.40. The quantitative estimate of drug-likeness (QED) is 0.361. The maximum absolute atomic E-state index is 12.0. The Morgan fingerprint density at radius 3 is 1.68 bits per heavy atom. The van der Waals surface area contributed by atoms with Gasteiger partial charge in [-0.25, -0.2) is 9.59 Å². The standard InChI is InChI=1S/C21H40N4O6/c1-8-15(25-17(27)14-24-19(29)31-21(5,6)7)11-9-10-12-22-16(26)13-23-18(28)30-20(2,3)4/h15H,8-14H2,1-7H3,(H,22,26)(H,23,28)(H,24,29)(H,25,27)/t15-/m1/s1. The monoisotopic (exact) mass is 444 g/mol. The van der Waals surface area contributed by atoms with Gasteiger partial charge in [-0.1, -0.05) is 6.92 Å². The molecule has 31 heavy (non-hydrogen) atoms. The highest BCUT2D eigenvalue weighted by Gasteiger charge is 2.18. The zero-order valence-electron chi connectivity index (χ0n) is 20.0. The van der Waals surface area contributed by atoms with Crippen molar-refractivity contribution in [2.45, 2.75) is 91.4 Å². The van der Waals surface area contributed by atoms with Crippen LogP contribution in [0.1, 0.15) is 74.1 Å². The van der Waals surface area contributed by atoms with Crippen LogP contribution in [0.25, 0.3) is 0 Å². The number of amides is 4. The molecular weight excluding hydrogens is 404 g/mol. The molecule has 0 aromatic rings. The second-order valence-electron chi connectivity index (χ2n) is 9.23. The SMILES string of the molecule is CC[C@H](CCCCNC(=O)CNC(=O)OC(C)(C)C)NC(=O)CNC(=O)OC(C)(C)C. The Kier molecular flexibility index (Phi) is 12.6. The maximum Gasteiger partial charge on any atom is 0.408 e. The minimum Gasteiger partial charge on any atom is -0.444 e. The van der Waals surface area contributed by atoms with E-state index in [1.165, 1.54) is 0 Å². The first-order chi connectivity index (χ1) is 14.2. The van der Waals surface area contributed by atoms with Crippen LogP contribution in [-0.2, 0) is 19.1 Å². The van der Waals surface area contributed by atoms with Gasteiger partial charge < -0.3 is 30.7 Å². The fraction of sp³-hybridized carbons (Fsp3) is 0.810. The van der Waals surface area contributed by atoms with E-state index in [0.717, 1.165) is 25.7 Å². The Morgan fingerprint density at radius 1 is 0.742 bits per heavy atom. The van der Waals surface area contributed by atoms with Crippen molar-refractivity contribution in [3.63, 3.8) is 0 Å². The average Bonchev–Trinajstić information content (AvgIpc) is 2.60. The molecule has 0 aromatic carbocycles. The van der Waals surface area contributed by atoms with Gasteiger partial charge in [0.05, 0.1) is 6.54 Å². The van der Waals surface area contributed by atoms with Crippen molar-refractivity contribution in [2.75, 3.05) is 19.6 Å². The lowest BCUT2D eigenvalue weighted by Crippen LogP contribution is -2.43. The number of carbonyl (C=O) groups is 4. The van der Waals surface area contributed by atoms with E-state index >= 15 is 0 Å². The number of nitrogens with one attached hydrogen (secondary N) is 4. The van der Waals surface area contributed by atoms with Gasteiger partial charge in [0.25, 0.3) is 0 Å². The molecule has 0 aliphatic heterocycles. The molecule has 0 saturated carbocycles. The minimum absolute atomic E-state index is 0.0162. The summed E-state index contributed by atoms with van der Waals surface area (Å²) >= 11 is 0. The van der Waals surface area contributed by atoms with Gasteiger partial charge in [0.15, 0.2) is 0 Å². The molecule has 0 aromatic heterocycles. The Balaban J connectivity index is 3.95. The summed E-state index contributed by atoms with van der Waals surface area (Å²) < 4.78 is 10.1. The van der Waals surface area contributed by atoms with Crippen molar-refractivity contribution in [3.8, 4) is 0 Å². The zero-order valence-corrected chi connectivity index (χ0v) is 20.0. The predicted molar refractivity (Wildman–Crippen MR) is 118 cm³/mol. The number of carbonyl (C=O) groups excluding carboxylic acids is 4. The highest BCUT2D eigenvalue weighted by Crippen LogP contribution is 2.07. The summed E-state index contributed by atoms with van der Waals surface area (Å²) in [6.45, 7) is 12.6. The second-order valence-corrected chi connectivity index (χ2v) is 9.23. The molecule has 0 saturated heterocycles. The molecule has 0 aliphatic carbocycles. The first kappa shape index (κ1) is 28.5. The lowest BCUT2D eigenvalue weighted by atomic mass is 10.1. The number of alkyl carbamates (subject to hydrolysis) is 2. The number of hydrogen-bond acceptors (Lipinski definition) is 6. The number of ether oxygens (including phenoxy) is 2. The van der Waals surface area contributed by atoms with Gasteiger partial charge >= 0.3 is 12.2 Å². The normalized spacial score (nSPS) is 12.4. The number of unbranched alkanes of at least 4 members (excludes halogenated alkanes) is 1. The van der Waals surface area contributed by atoms with Crippen LogP contribution in [0.4, 0.5) is 9.59 Å². The molecule has 10 heteroatoms. The van der Waals surface area contributed by atoms with Gasteiger partial charge in [-0.2, -0.15) is 0 Å². The molecule has 10 nitrogen and oxygen atoms in total. The molecule has 0 aliphatic rings. The van der Waals surface area contributed by atoms with E-state index in [-0.39, 0.29) is 30.9 Å². The van der Waals surface area contributed by atoms with E-state index < -0.39 is 23.4 Å². The van der Waals surface area contributed by atoms with Crippen molar-refractivity contribution < 1.29 is 28.7 Å². The third-order valence-corrected chi connectivity index (χ3v) is 3.74. The van der Waals surface area contributed by atoms with Gasteiger partial charge in [0.2, 0.25) is 11.8 Å². The molecule has 4 amide bonds. The smallest absolute Gasteiger partial charge is 0.408 e. The summed E-state index contributed by atoms with van der Waals surface area (Å²) in [7, 11) is 0. The molecule has 0 bridgehead atoms. The van der Waals surface area contributed by atoms with E-state index in [4.69, 9.17) is 9.47 Å². The molecular formula is C21H40N4O6. The van der Waals surface area contributed by atoms with E-state index in [2.05, 4.69) is 21.3 Å². The van der Waals surface area contributed by atoms with Crippen molar-refractivity contribution in [3.05, 3.63) is 0 Å². The van der Waals surface area contributed by atoms with E-state index in [0.29, 0.717) is 6.54 Å². The maximum atomic E-state index is 12.0. The van der Waals surface area contributed by atoms with E-state index in [1.807, 2.05) is 6.92 Å². The van der Waals surface area contributed by atoms with Crippen LogP contribution < -0.4 is 21.3 Å². The van der Waals surface area contributed by atoms with Crippen LogP contribution in [0.3, 0.4) is 0 Å². The van der Waals surface area contributed by atoms with Crippen LogP contribution in [0.2, 0.25) is 0 Å². The van der Waals surface area contributed by atoms with Gasteiger partial charge in [0.1, 0.15) is 17.7 Å². The number of rotatable bonds is 11. The number of hydrogen-bond donors (Lipinski definition) is 4. The third-order valence-electron chi connectivity index (χ3n) is 3.74. The summed E-state index contributed by atoms with van der Waals surface area (Å²) in [5, 5.41) is 10.4. The van der Waals surface area contributed by atoms with Crippen LogP contribution in [-0.4, -0.2) is 60.9 Å². The largest absolute Gasteiger partial charge is 0.444 e. The van der Waals surface area contributed by atoms with Crippen molar-refractivity contribution in [2.24, 2.45) is 0 Å². The van der Waals surface area contributed by atoms with Gasteiger partial charge in [0, 0.05) is 12.6 Å². The fourth-order valence-corrected chi connectivity index (χ4v) is 2.40. The Morgan fingerprint density at radius 2 is 1.23 bits per heavy atom. The van der Waals surface area contributed by atoms with Crippen LogP contribution in [0.15, 0.2) is 0 Å². The topological polar surface area (TPSA) is 135 Å². The van der Waals surface area contributed by atoms with Crippen molar-refractivity contribution in [1.82, 2.24) is 21.3 Å². The minimum atomic E-state index is -0.634. The lowest BCUT2D eigenvalue weighted by molar-refractivity contribution is -0.121. The third kappa shape index (κ3) is 18.0. The van der Waals surface area contributed by atoms with Gasteiger partial charge in [-0.05, 0) is 67.2 Å². The molecule has 0 fully saturated rings. The average molecular weight is 445 g/mol. The van der Waals surface area contributed by atoms with Gasteiger partial charge in [-0.3, -0.25) is 9.59 Å².